The van der Waals surface area contributed by atoms with Crippen molar-refractivity contribution in [3.05, 3.63) is 44.2 Å². The molecule has 0 saturated carbocycles. The molecule has 25 heavy (non-hydrogen) atoms. The highest BCUT2D eigenvalue weighted by atomic mass is 16.2. The average Bonchev–Trinajstić information content (AvgIpc) is 2.89. The third-order valence-electron chi connectivity index (χ3n) is 5.09. The molecular formula is C17H26N6O2. The smallest absolute Gasteiger partial charge is 0.299 e. The van der Waals surface area contributed by atoms with Gasteiger partial charge in [-0.05, 0) is 33.2 Å². The Morgan fingerprint density at radius 3 is 2.60 bits per heavy atom. The molecule has 1 fully saturated rings. The van der Waals surface area contributed by atoms with Gasteiger partial charge in [0.2, 0.25) is 0 Å². The van der Waals surface area contributed by atoms with Gasteiger partial charge in [-0.2, -0.15) is 5.10 Å². The summed E-state index contributed by atoms with van der Waals surface area (Å²) in [5, 5.41) is 4.47. The van der Waals surface area contributed by atoms with E-state index >= 15 is 0 Å². The van der Waals surface area contributed by atoms with Crippen LogP contribution in [-0.4, -0.2) is 41.4 Å². The molecule has 8 heteroatoms. The van der Waals surface area contributed by atoms with Gasteiger partial charge < -0.3 is 0 Å². The summed E-state index contributed by atoms with van der Waals surface area (Å²) in [7, 11) is 3.23. The topological polar surface area (TPSA) is 78.0 Å². The first-order valence-electron chi connectivity index (χ1n) is 8.75. The molecule has 3 heterocycles. The minimum absolute atomic E-state index is 0.255. The summed E-state index contributed by atoms with van der Waals surface area (Å²) in [5.74, 6) is 1.71. The molecule has 1 aliphatic rings. The maximum absolute atomic E-state index is 12.2. The van der Waals surface area contributed by atoms with Gasteiger partial charge in [0.1, 0.15) is 11.6 Å². The van der Waals surface area contributed by atoms with Gasteiger partial charge >= 0.3 is 5.69 Å². The Morgan fingerprint density at radius 1 is 1.16 bits per heavy atom. The van der Waals surface area contributed by atoms with Crippen LogP contribution in [0, 0.1) is 13.8 Å². The van der Waals surface area contributed by atoms with Gasteiger partial charge in [0.25, 0.3) is 5.56 Å². The number of aromatic nitrogens is 5. The molecule has 1 unspecified atom stereocenters. The Hall–Kier alpha value is -2.22. The lowest BCUT2D eigenvalue weighted by Crippen LogP contribution is -2.44. The summed E-state index contributed by atoms with van der Waals surface area (Å²) in [4.78, 5) is 30.9. The van der Waals surface area contributed by atoms with Gasteiger partial charge in [0, 0.05) is 38.4 Å². The molecule has 0 amide bonds. The van der Waals surface area contributed by atoms with Crippen molar-refractivity contribution >= 4 is 0 Å². The predicted octanol–water partition coefficient (Wildman–Crippen LogP) is 0.347. The van der Waals surface area contributed by atoms with E-state index in [4.69, 9.17) is 0 Å². The average molecular weight is 346 g/mol. The van der Waals surface area contributed by atoms with Crippen molar-refractivity contribution in [1.82, 2.24) is 28.8 Å². The van der Waals surface area contributed by atoms with E-state index in [0.29, 0.717) is 12.6 Å². The normalized spacial score (nSPS) is 18.6. The highest BCUT2D eigenvalue weighted by Crippen LogP contribution is 2.20. The van der Waals surface area contributed by atoms with Crippen molar-refractivity contribution in [2.75, 3.05) is 6.54 Å². The fourth-order valence-electron chi connectivity index (χ4n) is 3.55. The monoisotopic (exact) mass is 346 g/mol. The number of nitrogens with zero attached hydrogens (tertiary/aromatic N) is 6. The zero-order valence-corrected chi connectivity index (χ0v) is 15.4. The van der Waals surface area contributed by atoms with Crippen LogP contribution >= 0.6 is 0 Å². The SMILES string of the molecule is Cc1nc(C)n(CC2CCCCN2Cc2cc(=O)n(C)c(=O)n2C)n1. The van der Waals surface area contributed by atoms with Gasteiger partial charge in [-0.25, -0.2) is 14.5 Å². The van der Waals surface area contributed by atoms with Crippen molar-refractivity contribution in [2.45, 2.75) is 52.2 Å². The standard InChI is InChI=1S/C17H26N6O2/c1-12-18-13(2)23(19-12)11-14-7-5-6-8-22(14)10-15-9-16(24)21(4)17(25)20(15)3/h9,14H,5-8,10-11H2,1-4H3. The first kappa shape index (κ1) is 17.6. The van der Waals surface area contributed by atoms with Crippen LogP contribution < -0.4 is 11.2 Å². The maximum atomic E-state index is 12.2. The minimum atomic E-state index is -0.279. The molecule has 3 rings (SSSR count). The highest BCUT2D eigenvalue weighted by molar-refractivity contribution is 5.03. The molecule has 0 spiro atoms. The quantitative estimate of drug-likeness (QED) is 0.798. The first-order valence-corrected chi connectivity index (χ1v) is 8.75. The predicted molar refractivity (Wildman–Crippen MR) is 94.5 cm³/mol. The van der Waals surface area contributed by atoms with E-state index in [1.165, 1.54) is 13.5 Å². The fraction of sp³-hybridized carbons (Fsp3) is 0.647. The Kier molecular flexibility index (Phi) is 4.89. The van der Waals surface area contributed by atoms with Crippen LogP contribution in [0.4, 0.5) is 0 Å². The van der Waals surface area contributed by atoms with Crippen molar-refractivity contribution in [3.8, 4) is 0 Å². The zero-order chi connectivity index (χ0) is 18.1. The molecule has 0 aromatic carbocycles. The van der Waals surface area contributed by atoms with Crippen molar-refractivity contribution < 1.29 is 0 Å². The lowest BCUT2D eigenvalue weighted by atomic mass is 10.0. The van der Waals surface area contributed by atoms with E-state index in [0.717, 1.165) is 47.8 Å². The van der Waals surface area contributed by atoms with Gasteiger partial charge in [0.05, 0.1) is 6.54 Å². The van der Waals surface area contributed by atoms with Gasteiger partial charge in [-0.15, -0.1) is 0 Å². The number of rotatable bonds is 4. The van der Waals surface area contributed by atoms with E-state index in [1.807, 2.05) is 18.5 Å². The van der Waals surface area contributed by atoms with E-state index in [9.17, 15) is 9.59 Å². The number of piperidine rings is 1. The third-order valence-corrected chi connectivity index (χ3v) is 5.09. The number of aryl methyl sites for hydroxylation is 2. The molecule has 8 nitrogen and oxygen atoms in total. The Bertz CT molecular complexity index is 878. The van der Waals surface area contributed by atoms with Crippen LogP contribution in [0.15, 0.2) is 15.7 Å². The van der Waals surface area contributed by atoms with Crippen LogP contribution in [0.2, 0.25) is 0 Å². The second-order valence-electron chi connectivity index (χ2n) is 6.88. The van der Waals surface area contributed by atoms with Crippen LogP contribution in [0.1, 0.15) is 36.6 Å². The maximum Gasteiger partial charge on any atom is 0.330 e. The summed E-state index contributed by atoms with van der Waals surface area (Å²) in [6, 6.07) is 1.89. The van der Waals surface area contributed by atoms with Gasteiger partial charge in [-0.3, -0.25) is 18.8 Å². The van der Waals surface area contributed by atoms with Gasteiger partial charge in [-0.1, -0.05) is 6.42 Å². The Balaban J connectivity index is 1.84. The summed E-state index contributed by atoms with van der Waals surface area (Å²) in [5.41, 5.74) is 0.222. The van der Waals surface area contributed by atoms with E-state index in [1.54, 1.807) is 17.7 Å². The summed E-state index contributed by atoms with van der Waals surface area (Å²) < 4.78 is 4.66. The zero-order valence-electron chi connectivity index (χ0n) is 15.4. The molecule has 0 aliphatic carbocycles. The van der Waals surface area contributed by atoms with Crippen LogP contribution in [-0.2, 0) is 27.2 Å². The van der Waals surface area contributed by atoms with Gasteiger partial charge in [0.15, 0.2) is 0 Å². The summed E-state index contributed by atoms with van der Waals surface area (Å²) >= 11 is 0. The molecule has 1 aliphatic heterocycles. The molecule has 2 aromatic heterocycles. The fourth-order valence-corrected chi connectivity index (χ4v) is 3.55. The number of hydrogen-bond donors (Lipinski definition) is 0. The molecule has 0 bridgehead atoms. The molecule has 1 saturated heterocycles. The molecule has 0 N–H and O–H groups in total. The van der Waals surface area contributed by atoms with E-state index in [2.05, 4.69) is 15.0 Å². The number of likely N-dealkylation sites (tertiary alicyclic amines) is 1. The highest BCUT2D eigenvalue weighted by Gasteiger charge is 2.25. The lowest BCUT2D eigenvalue weighted by Gasteiger charge is -2.36. The van der Waals surface area contributed by atoms with E-state index in [-0.39, 0.29) is 11.2 Å². The molecule has 1 atom stereocenters. The van der Waals surface area contributed by atoms with Crippen molar-refractivity contribution in [3.63, 3.8) is 0 Å². The lowest BCUT2D eigenvalue weighted by molar-refractivity contribution is 0.118. The molecule has 2 aromatic rings. The Labute approximate surface area is 146 Å². The molecule has 136 valence electrons. The summed E-state index contributed by atoms with van der Waals surface area (Å²) in [6.45, 7) is 6.21. The second-order valence-corrected chi connectivity index (χ2v) is 6.88. The van der Waals surface area contributed by atoms with Crippen molar-refractivity contribution in [1.29, 1.82) is 0 Å². The minimum Gasteiger partial charge on any atom is -0.299 e. The summed E-state index contributed by atoms with van der Waals surface area (Å²) in [6.07, 6.45) is 3.39. The van der Waals surface area contributed by atoms with Crippen molar-refractivity contribution in [2.24, 2.45) is 14.1 Å². The van der Waals surface area contributed by atoms with Crippen LogP contribution in [0.25, 0.3) is 0 Å². The third kappa shape index (κ3) is 3.58. The van der Waals surface area contributed by atoms with Crippen LogP contribution in [0.5, 0.6) is 0 Å². The second kappa shape index (κ2) is 6.95. The molecular weight excluding hydrogens is 320 g/mol. The Morgan fingerprint density at radius 2 is 1.92 bits per heavy atom. The first-order chi connectivity index (χ1) is 11.9. The number of hydrogen-bond acceptors (Lipinski definition) is 5. The van der Waals surface area contributed by atoms with E-state index < -0.39 is 0 Å². The largest absolute Gasteiger partial charge is 0.330 e. The molecule has 0 radical (unpaired) electrons. The van der Waals surface area contributed by atoms with Crippen LogP contribution in [0.3, 0.4) is 0 Å².